The number of aliphatic hydroxyl groups excluding tert-OH is 1. The van der Waals surface area contributed by atoms with Crippen molar-refractivity contribution >= 4 is 34.6 Å². The molecule has 0 aliphatic heterocycles. The van der Waals surface area contributed by atoms with Crippen LogP contribution in [0.5, 0.6) is 0 Å². The van der Waals surface area contributed by atoms with E-state index < -0.39 is 17.8 Å². The summed E-state index contributed by atoms with van der Waals surface area (Å²) in [5.41, 5.74) is 15.6. The van der Waals surface area contributed by atoms with Crippen LogP contribution in [0, 0.1) is 5.82 Å². The number of aliphatic hydroxyl groups is 1. The third-order valence-electron chi connectivity index (χ3n) is 2.07. The van der Waals surface area contributed by atoms with Gasteiger partial charge in [-0.05, 0) is 6.07 Å². The van der Waals surface area contributed by atoms with E-state index in [4.69, 9.17) is 33.9 Å². The van der Waals surface area contributed by atoms with Gasteiger partial charge in [-0.2, -0.15) is 0 Å². The van der Waals surface area contributed by atoms with Crippen LogP contribution < -0.4 is 22.5 Å². The third-order valence-corrected chi connectivity index (χ3v) is 2.45. The number of nitrogens with one attached hydrogen (secondary N) is 1. The second-order valence-electron chi connectivity index (χ2n) is 3.36. The molecule has 0 saturated heterocycles. The minimum absolute atomic E-state index is 0.00247. The molecule has 0 fully saturated rings. The lowest BCUT2D eigenvalue weighted by atomic mass is 10.2. The van der Waals surface area contributed by atoms with E-state index in [-0.39, 0.29) is 28.6 Å². The van der Waals surface area contributed by atoms with Gasteiger partial charge in [0.1, 0.15) is 11.1 Å². The molecular formula is C9H12ClFN4O2. The van der Waals surface area contributed by atoms with Gasteiger partial charge < -0.3 is 27.6 Å². The largest absolute Gasteiger partial charge is 0.397 e. The number of benzene rings is 1. The Kier molecular flexibility index (Phi) is 3.97. The lowest BCUT2D eigenvalue weighted by Gasteiger charge is -2.14. The SMILES string of the molecule is NC(=O)C(O)CNc1c(N)cc(N)c(Cl)c1F. The van der Waals surface area contributed by atoms with Crippen LogP contribution in [0.3, 0.4) is 0 Å². The Balaban J connectivity index is 2.92. The number of rotatable bonds is 4. The number of halogens is 2. The molecule has 94 valence electrons. The van der Waals surface area contributed by atoms with Gasteiger partial charge in [0.05, 0.1) is 23.6 Å². The van der Waals surface area contributed by atoms with Crippen molar-refractivity contribution in [1.29, 1.82) is 0 Å². The predicted octanol–water partition coefficient (Wildman–Crippen LogP) is -0.0984. The minimum atomic E-state index is -1.45. The summed E-state index contributed by atoms with van der Waals surface area (Å²) in [6, 6.07) is 1.27. The summed E-state index contributed by atoms with van der Waals surface area (Å²) >= 11 is 5.58. The number of primary amides is 1. The number of carbonyl (C=O) groups is 1. The van der Waals surface area contributed by atoms with Crippen molar-refractivity contribution in [3.63, 3.8) is 0 Å². The second-order valence-corrected chi connectivity index (χ2v) is 3.74. The maximum atomic E-state index is 13.6. The van der Waals surface area contributed by atoms with E-state index in [1.165, 1.54) is 6.07 Å². The highest BCUT2D eigenvalue weighted by Crippen LogP contribution is 2.33. The van der Waals surface area contributed by atoms with E-state index in [0.717, 1.165) is 0 Å². The maximum Gasteiger partial charge on any atom is 0.248 e. The van der Waals surface area contributed by atoms with Gasteiger partial charge in [-0.25, -0.2) is 4.39 Å². The molecule has 0 heterocycles. The summed E-state index contributed by atoms with van der Waals surface area (Å²) in [7, 11) is 0. The van der Waals surface area contributed by atoms with Gasteiger partial charge in [0.25, 0.3) is 0 Å². The van der Waals surface area contributed by atoms with Crippen LogP contribution in [0.2, 0.25) is 5.02 Å². The predicted molar refractivity (Wildman–Crippen MR) is 63.9 cm³/mol. The summed E-state index contributed by atoms with van der Waals surface area (Å²) in [5, 5.41) is 11.3. The summed E-state index contributed by atoms with van der Waals surface area (Å²) in [4.78, 5) is 10.6. The molecule has 0 spiro atoms. The summed E-state index contributed by atoms with van der Waals surface area (Å²) in [6.45, 7) is -0.281. The van der Waals surface area contributed by atoms with Crippen molar-refractivity contribution in [2.24, 2.45) is 5.73 Å². The Morgan fingerprint density at radius 2 is 2.12 bits per heavy atom. The van der Waals surface area contributed by atoms with E-state index in [1.807, 2.05) is 0 Å². The molecule has 6 nitrogen and oxygen atoms in total. The molecule has 0 bridgehead atoms. The Hall–Kier alpha value is -1.73. The lowest BCUT2D eigenvalue weighted by Crippen LogP contribution is -2.34. The number of hydrogen-bond acceptors (Lipinski definition) is 5. The molecule has 1 aromatic rings. The fourth-order valence-corrected chi connectivity index (χ4v) is 1.29. The molecule has 1 atom stereocenters. The van der Waals surface area contributed by atoms with Crippen LogP contribution in [0.15, 0.2) is 6.07 Å². The normalized spacial score (nSPS) is 12.2. The zero-order valence-electron chi connectivity index (χ0n) is 8.71. The van der Waals surface area contributed by atoms with Gasteiger partial charge >= 0.3 is 0 Å². The minimum Gasteiger partial charge on any atom is -0.397 e. The second kappa shape index (κ2) is 5.07. The molecule has 8 heteroatoms. The summed E-state index contributed by atoms with van der Waals surface area (Å²) < 4.78 is 13.6. The van der Waals surface area contributed by atoms with Gasteiger partial charge in [-0.3, -0.25) is 4.79 Å². The fourth-order valence-electron chi connectivity index (χ4n) is 1.15. The molecule has 0 aliphatic rings. The molecule has 0 radical (unpaired) electrons. The number of anilines is 3. The molecular weight excluding hydrogens is 251 g/mol. The number of hydrogen-bond donors (Lipinski definition) is 5. The quantitative estimate of drug-likeness (QED) is 0.484. The summed E-state index contributed by atoms with van der Waals surface area (Å²) in [5.74, 6) is -1.78. The average molecular weight is 263 g/mol. The van der Waals surface area contributed by atoms with Crippen molar-refractivity contribution in [2.45, 2.75) is 6.10 Å². The first kappa shape index (κ1) is 13.3. The standard InChI is InChI=1S/C9H12ClFN4O2/c10-6-3(12)1-4(13)8(7(6)11)15-2-5(16)9(14)17/h1,5,15-16H,2,12-13H2,(H2,14,17). The van der Waals surface area contributed by atoms with Crippen LogP contribution in [0.25, 0.3) is 0 Å². The smallest absolute Gasteiger partial charge is 0.248 e. The Bertz CT molecular complexity index is 455. The number of nitrogen functional groups attached to an aromatic ring is 2. The van der Waals surface area contributed by atoms with E-state index in [2.05, 4.69) is 5.32 Å². The fraction of sp³-hybridized carbons (Fsp3) is 0.222. The van der Waals surface area contributed by atoms with Crippen molar-refractivity contribution in [1.82, 2.24) is 0 Å². The van der Waals surface area contributed by atoms with Gasteiger partial charge in [-0.15, -0.1) is 0 Å². The number of nitrogens with two attached hydrogens (primary N) is 3. The Morgan fingerprint density at radius 1 is 1.53 bits per heavy atom. The first-order chi connectivity index (χ1) is 7.84. The Labute approximate surface area is 102 Å². The Morgan fingerprint density at radius 3 is 2.65 bits per heavy atom. The highest BCUT2D eigenvalue weighted by atomic mass is 35.5. The molecule has 0 saturated carbocycles. The van der Waals surface area contributed by atoms with Crippen LogP contribution in [-0.4, -0.2) is 23.7 Å². The van der Waals surface area contributed by atoms with E-state index in [1.54, 1.807) is 0 Å². The lowest BCUT2D eigenvalue weighted by molar-refractivity contribution is -0.125. The monoisotopic (exact) mass is 262 g/mol. The van der Waals surface area contributed by atoms with Crippen molar-refractivity contribution in [2.75, 3.05) is 23.3 Å². The van der Waals surface area contributed by atoms with Crippen molar-refractivity contribution in [3.05, 3.63) is 16.9 Å². The van der Waals surface area contributed by atoms with Gasteiger partial charge in [0.15, 0.2) is 5.82 Å². The first-order valence-electron chi connectivity index (χ1n) is 4.58. The third kappa shape index (κ3) is 2.89. The zero-order chi connectivity index (χ0) is 13.2. The molecule has 1 aromatic carbocycles. The van der Waals surface area contributed by atoms with E-state index >= 15 is 0 Å². The molecule has 1 unspecified atom stereocenters. The average Bonchev–Trinajstić information content (AvgIpc) is 2.25. The van der Waals surface area contributed by atoms with E-state index in [0.29, 0.717) is 0 Å². The molecule has 17 heavy (non-hydrogen) atoms. The molecule has 1 rings (SSSR count). The molecule has 0 aromatic heterocycles. The number of carbonyl (C=O) groups excluding carboxylic acids is 1. The van der Waals surface area contributed by atoms with Crippen LogP contribution in [-0.2, 0) is 4.79 Å². The number of amides is 1. The topological polar surface area (TPSA) is 127 Å². The first-order valence-corrected chi connectivity index (χ1v) is 4.96. The highest BCUT2D eigenvalue weighted by Gasteiger charge is 2.16. The van der Waals surface area contributed by atoms with Crippen molar-refractivity contribution in [3.8, 4) is 0 Å². The maximum absolute atomic E-state index is 13.6. The van der Waals surface area contributed by atoms with Gasteiger partial charge in [0.2, 0.25) is 5.91 Å². The van der Waals surface area contributed by atoms with Crippen LogP contribution in [0.1, 0.15) is 0 Å². The zero-order valence-corrected chi connectivity index (χ0v) is 9.46. The molecule has 1 amide bonds. The summed E-state index contributed by atoms with van der Waals surface area (Å²) in [6.07, 6.45) is -1.45. The van der Waals surface area contributed by atoms with Crippen LogP contribution in [0.4, 0.5) is 21.5 Å². The van der Waals surface area contributed by atoms with Gasteiger partial charge in [0, 0.05) is 0 Å². The molecule has 8 N–H and O–H groups in total. The molecule has 0 aliphatic carbocycles. The van der Waals surface area contributed by atoms with Crippen molar-refractivity contribution < 1.29 is 14.3 Å². The highest BCUT2D eigenvalue weighted by molar-refractivity contribution is 6.33. The van der Waals surface area contributed by atoms with Gasteiger partial charge in [-0.1, -0.05) is 11.6 Å². The van der Waals surface area contributed by atoms with E-state index in [9.17, 15) is 9.18 Å². The van der Waals surface area contributed by atoms with Crippen LogP contribution >= 0.6 is 11.6 Å².